The fourth-order valence-corrected chi connectivity index (χ4v) is 1.70. The molecule has 1 aliphatic rings. The van der Waals surface area contributed by atoms with Gasteiger partial charge in [-0.15, -0.1) is 11.8 Å². The Morgan fingerprint density at radius 2 is 2.00 bits per heavy atom. The van der Waals surface area contributed by atoms with Crippen LogP contribution in [-0.4, -0.2) is 42.7 Å². The van der Waals surface area contributed by atoms with Gasteiger partial charge in [-0.25, -0.2) is 0 Å². The molecule has 2 nitrogen and oxygen atoms in total. The molecule has 0 bridgehead atoms. The number of hydrogen-bond donors (Lipinski definition) is 1. The van der Waals surface area contributed by atoms with Crippen LogP contribution in [0.4, 0.5) is 0 Å². The Morgan fingerprint density at radius 3 is 2.50 bits per heavy atom. The predicted octanol–water partition coefficient (Wildman–Crippen LogP) is 0.601. The quantitative estimate of drug-likeness (QED) is 0.637. The molecule has 0 aromatic carbocycles. The Labute approximate surface area is 67.4 Å². The normalized spacial score (nSPS) is 24.6. The van der Waals surface area contributed by atoms with E-state index < -0.39 is 0 Å². The Morgan fingerprint density at radius 1 is 1.40 bits per heavy atom. The number of nitrogens with one attached hydrogen (secondary N) is 1. The SMILES string of the molecule is CSC(C)N1CCNCC1. The van der Waals surface area contributed by atoms with Gasteiger partial charge < -0.3 is 5.32 Å². The summed E-state index contributed by atoms with van der Waals surface area (Å²) in [4.78, 5) is 2.52. The monoisotopic (exact) mass is 160 g/mol. The Kier molecular flexibility index (Phi) is 3.52. The molecule has 1 saturated heterocycles. The van der Waals surface area contributed by atoms with Crippen molar-refractivity contribution in [3.63, 3.8) is 0 Å². The summed E-state index contributed by atoms with van der Waals surface area (Å²) in [7, 11) is 0. The number of hydrogen-bond acceptors (Lipinski definition) is 3. The molecule has 3 heteroatoms. The zero-order valence-corrected chi connectivity index (χ0v) is 7.58. The standard InChI is InChI=1S/C7H16N2S/c1-7(10-2)9-5-3-8-4-6-9/h7-8H,3-6H2,1-2H3. The number of piperazine rings is 1. The van der Waals surface area contributed by atoms with E-state index >= 15 is 0 Å². The first kappa shape index (κ1) is 8.37. The van der Waals surface area contributed by atoms with Crippen molar-refractivity contribution in [1.82, 2.24) is 10.2 Å². The van der Waals surface area contributed by atoms with E-state index in [2.05, 4.69) is 23.4 Å². The average molecular weight is 160 g/mol. The Hall–Kier alpha value is 0.270. The lowest BCUT2D eigenvalue weighted by molar-refractivity contribution is 0.235. The van der Waals surface area contributed by atoms with Gasteiger partial charge in [0.05, 0.1) is 5.37 Å². The summed E-state index contributed by atoms with van der Waals surface area (Å²) in [6.45, 7) is 7.01. The van der Waals surface area contributed by atoms with Crippen molar-refractivity contribution >= 4 is 11.8 Å². The van der Waals surface area contributed by atoms with Crippen molar-refractivity contribution < 1.29 is 0 Å². The maximum Gasteiger partial charge on any atom is 0.0526 e. The summed E-state index contributed by atoms with van der Waals surface area (Å²) in [6, 6.07) is 0. The van der Waals surface area contributed by atoms with Gasteiger partial charge in [0.2, 0.25) is 0 Å². The summed E-state index contributed by atoms with van der Waals surface area (Å²) in [5.41, 5.74) is 0. The highest BCUT2D eigenvalue weighted by molar-refractivity contribution is 7.99. The molecule has 0 aromatic rings. The lowest BCUT2D eigenvalue weighted by atomic mass is 10.4. The van der Waals surface area contributed by atoms with E-state index in [0.29, 0.717) is 5.37 Å². The van der Waals surface area contributed by atoms with Gasteiger partial charge in [-0.2, -0.15) is 0 Å². The zero-order valence-electron chi connectivity index (χ0n) is 6.76. The van der Waals surface area contributed by atoms with Crippen molar-refractivity contribution in [3.8, 4) is 0 Å². The van der Waals surface area contributed by atoms with Crippen LogP contribution in [0.1, 0.15) is 6.92 Å². The highest BCUT2D eigenvalue weighted by Crippen LogP contribution is 2.11. The maximum atomic E-state index is 3.34. The average Bonchev–Trinajstić information content (AvgIpc) is 2.05. The number of nitrogens with zero attached hydrogens (tertiary/aromatic N) is 1. The van der Waals surface area contributed by atoms with Crippen LogP contribution >= 0.6 is 11.8 Å². The lowest BCUT2D eigenvalue weighted by Crippen LogP contribution is -2.46. The van der Waals surface area contributed by atoms with Gasteiger partial charge in [0.25, 0.3) is 0 Å². The molecule has 0 aliphatic carbocycles. The molecular weight excluding hydrogens is 144 g/mol. The third kappa shape index (κ3) is 2.15. The highest BCUT2D eigenvalue weighted by Gasteiger charge is 2.14. The summed E-state index contributed by atoms with van der Waals surface area (Å²) < 4.78 is 0. The molecule has 1 aliphatic heterocycles. The van der Waals surface area contributed by atoms with Gasteiger partial charge in [0, 0.05) is 26.2 Å². The smallest absolute Gasteiger partial charge is 0.0526 e. The maximum absolute atomic E-state index is 3.34. The minimum absolute atomic E-state index is 0.696. The topological polar surface area (TPSA) is 15.3 Å². The van der Waals surface area contributed by atoms with Crippen LogP contribution < -0.4 is 5.32 Å². The molecule has 10 heavy (non-hydrogen) atoms. The van der Waals surface area contributed by atoms with Crippen molar-refractivity contribution in [2.75, 3.05) is 32.4 Å². The minimum atomic E-state index is 0.696. The summed E-state index contributed by atoms with van der Waals surface area (Å²) in [6.07, 6.45) is 2.17. The van der Waals surface area contributed by atoms with E-state index in [0.717, 1.165) is 13.1 Å². The van der Waals surface area contributed by atoms with Crippen molar-refractivity contribution in [3.05, 3.63) is 0 Å². The third-order valence-corrected chi connectivity index (χ3v) is 2.99. The second kappa shape index (κ2) is 4.21. The molecule has 1 heterocycles. The summed E-state index contributed by atoms with van der Waals surface area (Å²) in [5, 5.41) is 4.04. The van der Waals surface area contributed by atoms with Gasteiger partial charge in [0.1, 0.15) is 0 Å². The van der Waals surface area contributed by atoms with E-state index in [1.54, 1.807) is 0 Å². The van der Waals surface area contributed by atoms with Crippen LogP contribution in [0.2, 0.25) is 0 Å². The first-order valence-electron chi connectivity index (χ1n) is 3.82. The van der Waals surface area contributed by atoms with Crippen molar-refractivity contribution in [2.24, 2.45) is 0 Å². The van der Waals surface area contributed by atoms with Gasteiger partial charge in [-0.3, -0.25) is 4.90 Å². The molecule has 0 aromatic heterocycles. The van der Waals surface area contributed by atoms with E-state index in [-0.39, 0.29) is 0 Å². The van der Waals surface area contributed by atoms with Crippen LogP contribution in [-0.2, 0) is 0 Å². The molecule has 1 fully saturated rings. The van der Waals surface area contributed by atoms with Crippen LogP contribution in [0.15, 0.2) is 0 Å². The summed E-state index contributed by atoms with van der Waals surface area (Å²) >= 11 is 1.93. The van der Waals surface area contributed by atoms with Gasteiger partial charge in [0.15, 0.2) is 0 Å². The van der Waals surface area contributed by atoms with Crippen molar-refractivity contribution in [1.29, 1.82) is 0 Å². The first-order valence-corrected chi connectivity index (χ1v) is 5.11. The zero-order chi connectivity index (χ0) is 7.40. The van der Waals surface area contributed by atoms with Gasteiger partial charge in [-0.05, 0) is 13.2 Å². The predicted molar refractivity (Wildman–Crippen MR) is 47.4 cm³/mol. The molecule has 0 spiro atoms. The number of thioether (sulfide) groups is 1. The minimum Gasteiger partial charge on any atom is -0.314 e. The molecule has 0 amide bonds. The summed E-state index contributed by atoms with van der Waals surface area (Å²) in [5.74, 6) is 0. The van der Waals surface area contributed by atoms with Gasteiger partial charge in [-0.1, -0.05) is 0 Å². The molecule has 1 rings (SSSR count). The molecule has 0 saturated carbocycles. The lowest BCUT2D eigenvalue weighted by Gasteiger charge is -2.31. The van der Waals surface area contributed by atoms with Crippen LogP contribution in [0.25, 0.3) is 0 Å². The van der Waals surface area contributed by atoms with E-state index in [4.69, 9.17) is 0 Å². The van der Waals surface area contributed by atoms with Crippen LogP contribution in [0, 0.1) is 0 Å². The second-order valence-corrected chi connectivity index (χ2v) is 3.77. The highest BCUT2D eigenvalue weighted by atomic mass is 32.2. The molecule has 60 valence electrons. The van der Waals surface area contributed by atoms with Crippen LogP contribution in [0.5, 0.6) is 0 Å². The largest absolute Gasteiger partial charge is 0.314 e. The van der Waals surface area contributed by atoms with E-state index in [9.17, 15) is 0 Å². The molecule has 1 N–H and O–H groups in total. The molecule has 0 radical (unpaired) electrons. The van der Waals surface area contributed by atoms with E-state index in [1.807, 2.05) is 11.8 Å². The molecular formula is C7H16N2S. The number of rotatable bonds is 2. The fraction of sp³-hybridized carbons (Fsp3) is 1.00. The Bertz CT molecular complexity index is 91.6. The first-order chi connectivity index (χ1) is 4.84. The van der Waals surface area contributed by atoms with E-state index in [1.165, 1.54) is 13.1 Å². The van der Waals surface area contributed by atoms with Crippen molar-refractivity contribution in [2.45, 2.75) is 12.3 Å². The third-order valence-electron chi connectivity index (χ3n) is 2.01. The fourth-order valence-electron chi connectivity index (χ4n) is 1.19. The second-order valence-electron chi connectivity index (χ2n) is 2.62. The molecule has 1 unspecified atom stereocenters. The molecule has 1 atom stereocenters. The Balaban J connectivity index is 2.24. The van der Waals surface area contributed by atoms with Gasteiger partial charge >= 0.3 is 0 Å². The van der Waals surface area contributed by atoms with Crippen LogP contribution in [0.3, 0.4) is 0 Å².